The number of benzene rings is 4. The van der Waals surface area contributed by atoms with E-state index in [4.69, 9.17) is 19.9 Å². The monoisotopic (exact) mass is 633 g/mol. The molecular weight excluding hydrogens is 603 g/mol. The van der Waals surface area contributed by atoms with Crippen LogP contribution in [0.4, 0.5) is 23.7 Å². The van der Waals surface area contributed by atoms with Crippen molar-refractivity contribution in [2.75, 3.05) is 25.2 Å². The third kappa shape index (κ3) is 6.80. The number of nitrogens with zero attached hydrogens (tertiary/aromatic N) is 1. The van der Waals surface area contributed by atoms with Crippen LogP contribution < -0.4 is 30.0 Å². The second-order valence-corrected chi connectivity index (χ2v) is 11.0. The van der Waals surface area contributed by atoms with E-state index in [2.05, 4.69) is 10.1 Å². The molecular formula is C34H30F3N3O6. The van der Waals surface area contributed by atoms with E-state index >= 15 is 0 Å². The molecule has 6 rings (SSSR count). The summed E-state index contributed by atoms with van der Waals surface area (Å²) in [6.45, 7) is 2.75. The minimum absolute atomic E-state index is 0.141. The molecule has 1 fully saturated rings. The van der Waals surface area contributed by atoms with Crippen LogP contribution >= 0.6 is 0 Å². The number of alkyl halides is 3. The van der Waals surface area contributed by atoms with Gasteiger partial charge in [0.2, 0.25) is 6.79 Å². The van der Waals surface area contributed by atoms with Crippen LogP contribution in [-0.4, -0.2) is 49.2 Å². The molecule has 0 bridgehead atoms. The van der Waals surface area contributed by atoms with Crippen LogP contribution in [0.15, 0.2) is 84.9 Å². The summed E-state index contributed by atoms with van der Waals surface area (Å²) in [4.78, 5) is 27.2. The highest BCUT2D eigenvalue weighted by atomic mass is 19.4. The van der Waals surface area contributed by atoms with E-state index < -0.39 is 18.3 Å². The molecule has 0 radical (unpaired) electrons. The number of urea groups is 1. The highest BCUT2D eigenvalue weighted by molar-refractivity contribution is 6.09. The number of fused-ring (bicyclic) bond motifs is 1. The van der Waals surface area contributed by atoms with E-state index in [0.717, 1.165) is 11.1 Å². The van der Waals surface area contributed by atoms with E-state index in [1.54, 1.807) is 41.3 Å². The normalized spacial score (nSPS) is 17.3. The molecule has 238 valence electrons. The lowest BCUT2D eigenvalue weighted by atomic mass is 9.87. The number of piperidine rings is 1. The Kier molecular flexibility index (Phi) is 8.35. The molecule has 0 saturated carbocycles. The average Bonchev–Trinajstić information content (AvgIpc) is 3.49. The molecule has 2 heterocycles. The van der Waals surface area contributed by atoms with E-state index in [1.165, 1.54) is 24.3 Å². The number of anilines is 1. The fourth-order valence-corrected chi connectivity index (χ4v) is 5.82. The van der Waals surface area contributed by atoms with E-state index in [0.29, 0.717) is 59.1 Å². The van der Waals surface area contributed by atoms with Gasteiger partial charge in [0.05, 0.1) is 0 Å². The maximum Gasteiger partial charge on any atom is 0.573 e. The number of nitrogens with two attached hydrogens (primary N) is 1. The highest BCUT2D eigenvalue weighted by Gasteiger charge is 2.35. The standard InChI is InChI=1S/C34H30F3N3O6/c1-20-4-2-7-26(31(20)21-8-11-24(12-9-21)46-34(35,36)37)32(41)39-23-5-3-6-25(17-23)45-28-14-15-40(33(38)42)18-27(28)22-10-13-29-30(16-22)44-19-43-29/h2-13,16-17,27-28H,14-15,18-19H2,1H3,(H2,38,42)(H,39,41). The van der Waals surface area contributed by atoms with Crippen molar-refractivity contribution in [1.82, 2.24) is 4.90 Å². The van der Waals surface area contributed by atoms with Gasteiger partial charge in [0.25, 0.3) is 5.91 Å². The summed E-state index contributed by atoms with van der Waals surface area (Å²) in [6.07, 6.45) is -4.59. The number of ether oxygens (including phenoxy) is 4. The van der Waals surface area contributed by atoms with Gasteiger partial charge in [0, 0.05) is 42.7 Å². The summed E-state index contributed by atoms with van der Waals surface area (Å²) in [5, 5.41) is 2.92. The molecule has 2 unspecified atom stereocenters. The first-order valence-corrected chi connectivity index (χ1v) is 14.5. The van der Waals surface area contributed by atoms with Crippen LogP contribution in [0, 0.1) is 6.92 Å². The van der Waals surface area contributed by atoms with Gasteiger partial charge >= 0.3 is 12.4 Å². The van der Waals surface area contributed by atoms with Crippen molar-refractivity contribution in [3.63, 3.8) is 0 Å². The Morgan fingerprint density at radius 3 is 2.46 bits per heavy atom. The Bertz CT molecular complexity index is 1760. The molecule has 0 aliphatic carbocycles. The molecule has 0 spiro atoms. The Hall–Kier alpha value is -5.39. The van der Waals surface area contributed by atoms with Crippen LogP contribution in [-0.2, 0) is 0 Å². The molecule has 2 aliphatic rings. The number of nitrogens with one attached hydrogen (secondary N) is 1. The summed E-state index contributed by atoms with van der Waals surface area (Å²) >= 11 is 0. The molecule has 2 atom stereocenters. The first-order valence-electron chi connectivity index (χ1n) is 14.5. The van der Waals surface area contributed by atoms with Gasteiger partial charge < -0.3 is 34.9 Å². The van der Waals surface area contributed by atoms with Crippen molar-refractivity contribution in [2.24, 2.45) is 5.73 Å². The predicted octanol–water partition coefficient (Wildman–Crippen LogP) is 6.86. The smallest absolute Gasteiger partial charge is 0.490 e. The highest BCUT2D eigenvalue weighted by Crippen LogP contribution is 2.38. The number of carbonyl (C=O) groups is 2. The molecule has 3 amide bonds. The van der Waals surface area contributed by atoms with Crippen molar-refractivity contribution in [2.45, 2.75) is 31.7 Å². The van der Waals surface area contributed by atoms with Crippen LogP contribution in [0.2, 0.25) is 0 Å². The Morgan fingerprint density at radius 1 is 0.935 bits per heavy atom. The van der Waals surface area contributed by atoms with Crippen LogP contribution in [0.1, 0.15) is 33.8 Å². The predicted molar refractivity (Wildman–Crippen MR) is 163 cm³/mol. The zero-order valence-electron chi connectivity index (χ0n) is 24.7. The van der Waals surface area contributed by atoms with Crippen molar-refractivity contribution >= 4 is 17.6 Å². The molecule has 2 aliphatic heterocycles. The van der Waals surface area contributed by atoms with Gasteiger partial charge in [-0.1, -0.05) is 36.4 Å². The third-order valence-electron chi connectivity index (χ3n) is 7.96. The van der Waals surface area contributed by atoms with Gasteiger partial charge in [-0.15, -0.1) is 13.2 Å². The fourth-order valence-electron chi connectivity index (χ4n) is 5.82. The van der Waals surface area contributed by atoms with Crippen molar-refractivity contribution < 1.29 is 41.7 Å². The molecule has 12 heteroatoms. The fraction of sp³-hybridized carbons (Fsp3) is 0.235. The van der Waals surface area contributed by atoms with E-state index in [-0.39, 0.29) is 24.6 Å². The summed E-state index contributed by atoms with van der Waals surface area (Å²) < 4.78 is 59.4. The topological polar surface area (TPSA) is 112 Å². The van der Waals surface area contributed by atoms with Gasteiger partial charge in [0.1, 0.15) is 17.6 Å². The molecule has 4 aromatic rings. The van der Waals surface area contributed by atoms with Gasteiger partial charge in [0.15, 0.2) is 11.5 Å². The zero-order chi connectivity index (χ0) is 32.4. The third-order valence-corrected chi connectivity index (χ3v) is 7.96. The van der Waals surface area contributed by atoms with Crippen molar-refractivity contribution in [1.29, 1.82) is 0 Å². The molecule has 3 N–H and O–H groups in total. The van der Waals surface area contributed by atoms with Gasteiger partial charge in [-0.3, -0.25) is 4.79 Å². The SMILES string of the molecule is Cc1cccc(C(=O)Nc2cccc(OC3CCN(C(N)=O)CC3c3ccc4c(c3)OCO4)c2)c1-c1ccc(OC(F)(F)F)cc1. The quantitative estimate of drug-likeness (QED) is 0.230. The Balaban J connectivity index is 1.21. The minimum atomic E-state index is -4.80. The number of carbonyl (C=O) groups excluding carboxylic acids is 2. The maximum atomic E-state index is 13.5. The summed E-state index contributed by atoms with van der Waals surface area (Å²) in [7, 11) is 0. The Morgan fingerprint density at radius 2 is 1.70 bits per heavy atom. The number of aryl methyl sites for hydroxylation is 1. The molecule has 0 aromatic heterocycles. The summed E-state index contributed by atoms with van der Waals surface area (Å²) in [5.74, 6) is 0.825. The van der Waals surface area contributed by atoms with Gasteiger partial charge in [-0.25, -0.2) is 4.79 Å². The number of primary amides is 1. The van der Waals surface area contributed by atoms with Gasteiger partial charge in [-0.05, 0) is 71.6 Å². The van der Waals surface area contributed by atoms with E-state index in [1.807, 2.05) is 31.2 Å². The number of hydrogen-bond donors (Lipinski definition) is 2. The van der Waals surface area contributed by atoms with Crippen LogP contribution in [0.25, 0.3) is 11.1 Å². The Labute approximate surface area is 262 Å². The molecule has 4 aromatic carbocycles. The first kappa shape index (κ1) is 30.6. The number of likely N-dealkylation sites (tertiary alicyclic amines) is 1. The molecule has 1 saturated heterocycles. The number of rotatable bonds is 7. The lowest BCUT2D eigenvalue weighted by molar-refractivity contribution is -0.274. The number of halogens is 3. The average molecular weight is 634 g/mol. The first-order chi connectivity index (χ1) is 22.0. The zero-order valence-corrected chi connectivity index (χ0v) is 24.7. The van der Waals surface area contributed by atoms with Gasteiger partial charge in [-0.2, -0.15) is 0 Å². The lowest BCUT2D eigenvalue weighted by Crippen LogP contribution is -2.48. The van der Waals surface area contributed by atoms with E-state index in [9.17, 15) is 22.8 Å². The maximum absolute atomic E-state index is 13.5. The number of hydrogen-bond acceptors (Lipinski definition) is 6. The summed E-state index contributed by atoms with van der Waals surface area (Å²) in [5.41, 5.74) is 9.26. The summed E-state index contributed by atoms with van der Waals surface area (Å²) in [6, 6.07) is 22.7. The lowest BCUT2D eigenvalue weighted by Gasteiger charge is -2.38. The van der Waals surface area contributed by atoms with Crippen LogP contribution in [0.5, 0.6) is 23.0 Å². The second kappa shape index (κ2) is 12.5. The largest absolute Gasteiger partial charge is 0.573 e. The second-order valence-electron chi connectivity index (χ2n) is 11.0. The molecule has 9 nitrogen and oxygen atoms in total. The van der Waals surface area contributed by atoms with Crippen molar-refractivity contribution in [3.8, 4) is 34.1 Å². The molecule has 46 heavy (non-hydrogen) atoms. The van der Waals surface area contributed by atoms with Crippen molar-refractivity contribution in [3.05, 3.63) is 102 Å². The minimum Gasteiger partial charge on any atom is -0.490 e. The van der Waals surface area contributed by atoms with Crippen LogP contribution in [0.3, 0.4) is 0 Å². The number of amides is 3.